The van der Waals surface area contributed by atoms with Gasteiger partial charge in [0.05, 0.1) is 15.7 Å². The van der Waals surface area contributed by atoms with Gasteiger partial charge in [0.1, 0.15) is 5.82 Å². The van der Waals surface area contributed by atoms with E-state index in [1.54, 1.807) is 0 Å². The monoisotopic (exact) mass is 293 g/mol. The number of sulfone groups is 1. The van der Waals surface area contributed by atoms with Gasteiger partial charge in [-0.25, -0.2) is 12.8 Å². The Labute approximate surface area is 112 Å². The Morgan fingerprint density at radius 3 is 2.67 bits per heavy atom. The van der Waals surface area contributed by atoms with E-state index in [2.05, 4.69) is 0 Å². The first kappa shape index (κ1) is 15.4. The van der Waals surface area contributed by atoms with Gasteiger partial charge < -0.3 is 5.73 Å². The fourth-order valence-electron chi connectivity index (χ4n) is 1.53. The smallest absolute Gasteiger partial charge is 0.178 e. The van der Waals surface area contributed by atoms with E-state index in [0.717, 1.165) is 18.6 Å². The van der Waals surface area contributed by atoms with Crippen molar-refractivity contribution in [2.75, 3.05) is 5.75 Å². The van der Waals surface area contributed by atoms with E-state index >= 15 is 0 Å². The molecule has 0 saturated carbocycles. The van der Waals surface area contributed by atoms with E-state index in [9.17, 15) is 12.8 Å². The van der Waals surface area contributed by atoms with Crippen molar-refractivity contribution in [3.63, 3.8) is 0 Å². The zero-order valence-electron chi connectivity index (χ0n) is 10.2. The van der Waals surface area contributed by atoms with Crippen LogP contribution in [-0.2, 0) is 9.84 Å². The molecular weight excluding hydrogens is 277 g/mol. The lowest BCUT2D eigenvalue weighted by molar-refractivity contribution is 0.567. The summed E-state index contributed by atoms with van der Waals surface area (Å²) in [5, 5.41) is -0.179. The van der Waals surface area contributed by atoms with E-state index in [1.165, 1.54) is 6.07 Å². The summed E-state index contributed by atoms with van der Waals surface area (Å²) in [6.07, 6.45) is 1.97. The summed E-state index contributed by atoms with van der Waals surface area (Å²) in [5.41, 5.74) is 5.72. The molecule has 0 saturated heterocycles. The third-order valence-electron chi connectivity index (χ3n) is 2.76. The summed E-state index contributed by atoms with van der Waals surface area (Å²) in [6.45, 7) is 1.96. The lowest BCUT2D eigenvalue weighted by Crippen LogP contribution is -2.19. The Morgan fingerprint density at radius 2 is 2.11 bits per heavy atom. The Morgan fingerprint density at radius 1 is 1.44 bits per heavy atom. The molecule has 6 heteroatoms. The van der Waals surface area contributed by atoms with Crippen molar-refractivity contribution in [1.29, 1.82) is 0 Å². The molecule has 0 bridgehead atoms. The minimum atomic E-state index is -3.41. The van der Waals surface area contributed by atoms with Crippen LogP contribution in [0.2, 0.25) is 5.02 Å². The number of hydrogen-bond donors (Lipinski definition) is 1. The number of hydrogen-bond acceptors (Lipinski definition) is 3. The average Bonchev–Trinajstić information content (AvgIpc) is 2.32. The van der Waals surface area contributed by atoms with Gasteiger partial charge in [0.2, 0.25) is 0 Å². The van der Waals surface area contributed by atoms with Crippen molar-refractivity contribution in [1.82, 2.24) is 0 Å². The standard InChI is InChI=1S/C12H17ClFNO2S/c1-2-9(15)4-3-7-18(16,17)10-5-6-12(14)11(13)8-10/h5-6,8-9H,2-4,7,15H2,1H3. The van der Waals surface area contributed by atoms with E-state index in [-0.39, 0.29) is 21.7 Å². The summed E-state index contributed by atoms with van der Waals surface area (Å²) >= 11 is 5.57. The zero-order chi connectivity index (χ0) is 13.8. The lowest BCUT2D eigenvalue weighted by Gasteiger charge is -2.09. The van der Waals surface area contributed by atoms with Gasteiger partial charge in [0, 0.05) is 6.04 Å². The molecule has 1 aromatic carbocycles. The van der Waals surface area contributed by atoms with E-state index in [0.29, 0.717) is 12.8 Å². The molecule has 0 amide bonds. The zero-order valence-corrected chi connectivity index (χ0v) is 11.8. The van der Waals surface area contributed by atoms with Crippen molar-refractivity contribution >= 4 is 21.4 Å². The Bertz CT molecular complexity index is 505. The van der Waals surface area contributed by atoms with Crippen LogP contribution in [0.5, 0.6) is 0 Å². The van der Waals surface area contributed by atoms with Crippen molar-refractivity contribution < 1.29 is 12.8 Å². The predicted molar refractivity (Wildman–Crippen MR) is 71.0 cm³/mol. The van der Waals surface area contributed by atoms with E-state index < -0.39 is 15.7 Å². The molecule has 0 aliphatic heterocycles. The molecule has 3 nitrogen and oxygen atoms in total. The van der Waals surface area contributed by atoms with Crippen LogP contribution < -0.4 is 5.73 Å². The second kappa shape index (κ2) is 6.50. The second-order valence-corrected chi connectivity index (χ2v) is 6.72. The van der Waals surface area contributed by atoms with Gasteiger partial charge in [-0.2, -0.15) is 0 Å². The maximum Gasteiger partial charge on any atom is 0.178 e. The Balaban J connectivity index is 2.71. The second-order valence-electron chi connectivity index (χ2n) is 4.21. The van der Waals surface area contributed by atoms with Crippen LogP contribution in [0.15, 0.2) is 23.1 Å². The minimum Gasteiger partial charge on any atom is -0.328 e. The molecular formula is C12H17ClFNO2S. The highest BCUT2D eigenvalue weighted by molar-refractivity contribution is 7.91. The maximum atomic E-state index is 12.9. The van der Waals surface area contributed by atoms with E-state index in [1.807, 2.05) is 6.92 Å². The molecule has 0 aromatic heterocycles. The molecule has 1 unspecified atom stereocenters. The average molecular weight is 294 g/mol. The van der Waals surface area contributed by atoms with E-state index in [4.69, 9.17) is 17.3 Å². The molecule has 0 spiro atoms. The fraction of sp³-hybridized carbons (Fsp3) is 0.500. The summed E-state index contributed by atoms with van der Waals surface area (Å²) in [4.78, 5) is 0.0546. The molecule has 1 atom stereocenters. The maximum absolute atomic E-state index is 12.9. The molecule has 0 heterocycles. The largest absolute Gasteiger partial charge is 0.328 e. The Hall–Kier alpha value is -0.650. The molecule has 0 aliphatic carbocycles. The van der Waals surface area contributed by atoms with Gasteiger partial charge in [-0.1, -0.05) is 18.5 Å². The molecule has 102 valence electrons. The van der Waals surface area contributed by atoms with Crippen LogP contribution in [0.1, 0.15) is 26.2 Å². The fourth-order valence-corrected chi connectivity index (χ4v) is 3.13. The minimum absolute atomic E-state index is 0.00264. The van der Waals surface area contributed by atoms with Gasteiger partial charge in [-0.3, -0.25) is 0 Å². The van der Waals surface area contributed by atoms with Crippen LogP contribution >= 0.6 is 11.6 Å². The van der Waals surface area contributed by atoms with Gasteiger partial charge >= 0.3 is 0 Å². The quantitative estimate of drug-likeness (QED) is 0.821. The SMILES string of the molecule is CCC(N)CCCS(=O)(=O)c1ccc(F)c(Cl)c1. The van der Waals surface area contributed by atoms with Crippen LogP contribution in [0, 0.1) is 5.82 Å². The van der Waals surface area contributed by atoms with Crippen molar-refractivity contribution in [3.8, 4) is 0 Å². The molecule has 0 radical (unpaired) electrons. The molecule has 18 heavy (non-hydrogen) atoms. The van der Waals surface area contributed by atoms with Gasteiger partial charge in [-0.05, 0) is 37.5 Å². The van der Waals surface area contributed by atoms with Gasteiger partial charge in [0.15, 0.2) is 9.84 Å². The van der Waals surface area contributed by atoms with Crippen molar-refractivity contribution in [3.05, 3.63) is 29.0 Å². The number of rotatable bonds is 6. The number of halogens is 2. The summed E-state index contributed by atoms with van der Waals surface area (Å²) < 4.78 is 36.8. The van der Waals surface area contributed by atoms with Crippen molar-refractivity contribution in [2.45, 2.75) is 37.1 Å². The number of benzene rings is 1. The highest BCUT2D eigenvalue weighted by Crippen LogP contribution is 2.21. The van der Waals surface area contributed by atoms with Crippen LogP contribution in [0.25, 0.3) is 0 Å². The lowest BCUT2D eigenvalue weighted by atomic mass is 10.1. The summed E-state index contributed by atoms with van der Waals surface area (Å²) in [7, 11) is -3.41. The normalized spacial score (nSPS) is 13.6. The van der Waals surface area contributed by atoms with Gasteiger partial charge in [0.25, 0.3) is 0 Å². The first-order valence-corrected chi connectivity index (χ1v) is 7.83. The molecule has 0 aliphatic rings. The number of nitrogens with two attached hydrogens (primary N) is 1. The van der Waals surface area contributed by atoms with Gasteiger partial charge in [-0.15, -0.1) is 0 Å². The van der Waals surface area contributed by atoms with Crippen LogP contribution in [0.4, 0.5) is 4.39 Å². The third kappa shape index (κ3) is 4.23. The first-order chi connectivity index (χ1) is 8.36. The Kier molecular flexibility index (Phi) is 5.56. The highest BCUT2D eigenvalue weighted by Gasteiger charge is 2.16. The third-order valence-corrected chi connectivity index (χ3v) is 4.85. The first-order valence-electron chi connectivity index (χ1n) is 5.80. The highest BCUT2D eigenvalue weighted by atomic mass is 35.5. The van der Waals surface area contributed by atoms with Crippen LogP contribution in [-0.4, -0.2) is 20.2 Å². The molecule has 0 fully saturated rings. The predicted octanol–water partition coefficient (Wildman–Crippen LogP) is 2.77. The molecule has 1 rings (SSSR count). The van der Waals surface area contributed by atoms with Crippen molar-refractivity contribution in [2.24, 2.45) is 5.73 Å². The summed E-state index contributed by atoms with van der Waals surface area (Å²) in [6, 6.07) is 3.46. The van der Waals surface area contributed by atoms with Crippen LogP contribution in [0.3, 0.4) is 0 Å². The summed E-state index contributed by atoms with van der Waals surface area (Å²) in [5.74, 6) is -0.619. The topological polar surface area (TPSA) is 60.2 Å². The molecule has 1 aromatic rings. The molecule has 2 N–H and O–H groups in total.